The zero-order valence-corrected chi connectivity index (χ0v) is 9.34. The first-order chi connectivity index (χ1) is 5.79. The maximum atomic E-state index is 8.78. The first-order valence-electron chi connectivity index (χ1n) is 3.34. The molecular formula is C8H6Br2N2. The highest BCUT2D eigenvalue weighted by atomic mass is 79.9. The normalized spacial score (nSPS) is 12.1. The summed E-state index contributed by atoms with van der Waals surface area (Å²) in [5, 5.41) is 9.43. The molecule has 2 nitrogen and oxygen atoms in total. The molecular weight excluding hydrogens is 284 g/mol. The molecule has 1 rings (SSSR count). The van der Waals surface area contributed by atoms with Crippen LogP contribution in [0.2, 0.25) is 0 Å². The fraction of sp³-hybridized carbons (Fsp3) is 0.250. The number of hydrogen-bond acceptors (Lipinski definition) is 2. The van der Waals surface area contributed by atoms with E-state index < -0.39 is 0 Å². The number of hydrogen-bond donors (Lipinski definition) is 0. The molecule has 0 aliphatic rings. The average molecular weight is 290 g/mol. The van der Waals surface area contributed by atoms with Crippen molar-refractivity contribution in [2.75, 3.05) is 5.33 Å². The molecule has 0 aliphatic carbocycles. The number of alkyl halides is 1. The number of nitrogens with zero attached hydrogens (tertiary/aromatic N) is 2. The van der Waals surface area contributed by atoms with E-state index in [1.807, 2.05) is 6.07 Å². The SMILES string of the molecule is N#CC(CBr)c1ccncc1Br. The van der Waals surface area contributed by atoms with Crippen LogP contribution in [0.1, 0.15) is 11.5 Å². The Morgan fingerprint density at radius 2 is 2.42 bits per heavy atom. The molecule has 1 aromatic heterocycles. The van der Waals surface area contributed by atoms with Crippen LogP contribution in [0.5, 0.6) is 0 Å². The van der Waals surface area contributed by atoms with Crippen LogP contribution in [0, 0.1) is 11.3 Å². The summed E-state index contributed by atoms with van der Waals surface area (Å²) in [5.41, 5.74) is 0.976. The second-order valence-electron chi connectivity index (χ2n) is 2.23. The average Bonchev–Trinajstić information content (AvgIpc) is 2.10. The molecule has 0 saturated heterocycles. The molecule has 0 fully saturated rings. The molecule has 1 unspecified atom stereocenters. The number of pyridine rings is 1. The zero-order chi connectivity index (χ0) is 8.97. The quantitative estimate of drug-likeness (QED) is 0.785. The Kier molecular flexibility index (Phi) is 3.70. The van der Waals surface area contributed by atoms with E-state index in [9.17, 15) is 0 Å². The lowest BCUT2D eigenvalue weighted by Gasteiger charge is -2.06. The summed E-state index contributed by atoms with van der Waals surface area (Å²) < 4.78 is 0.885. The molecule has 4 heteroatoms. The third kappa shape index (κ3) is 2.05. The van der Waals surface area contributed by atoms with Crippen LogP contribution in [0.25, 0.3) is 0 Å². The van der Waals surface area contributed by atoms with Crippen LogP contribution < -0.4 is 0 Å². The molecule has 0 radical (unpaired) electrons. The Balaban J connectivity index is 3.02. The highest BCUT2D eigenvalue weighted by Gasteiger charge is 2.11. The van der Waals surface area contributed by atoms with Crippen molar-refractivity contribution in [1.82, 2.24) is 4.98 Å². The number of halogens is 2. The van der Waals surface area contributed by atoms with Crippen molar-refractivity contribution < 1.29 is 0 Å². The van der Waals surface area contributed by atoms with Crippen LogP contribution in [0.15, 0.2) is 22.9 Å². The summed E-state index contributed by atoms with van der Waals surface area (Å²) in [4.78, 5) is 3.92. The Morgan fingerprint density at radius 3 is 2.92 bits per heavy atom. The number of aromatic nitrogens is 1. The topological polar surface area (TPSA) is 36.7 Å². The van der Waals surface area contributed by atoms with E-state index in [1.54, 1.807) is 12.4 Å². The monoisotopic (exact) mass is 288 g/mol. The van der Waals surface area contributed by atoms with Crippen LogP contribution in [0.3, 0.4) is 0 Å². The van der Waals surface area contributed by atoms with Gasteiger partial charge < -0.3 is 0 Å². The van der Waals surface area contributed by atoms with Crippen LogP contribution >= 0.6 is 31.9 Å². The molecule has 1 atom stereocenters. The predicted octanol–water partition coefficient (Wildman–Crippen LogP) is 2.85. The minimum Gasteiger partial charge on any atom is -0.264 e. The third-order valence-electron chi connectivity index (χ3n) is 1.49. The van der Waals surface area contributed by atoms with Gasteiger partial charge in [0.15, 0.2) is 0 Å². The van der Waals surface area contributed by atoms with Crippen molar-refractivity contribution in [2.45, 2.75) is 5.92 Å². The molecule has 1 aromatic rings. The van der Waals surface area contributed by atoms with Gasteiger partial charge in [-0.15, -0.1) is 0 Å². The van der Waals surface area contributed by atoms with Gasteiger partial charge in [0.1, 0.15) is 0 Å². The van der Waals surface area contributed by atoms with Crippen LogP contribution in [0.4, 0.5) is 0 Å². The Labute approximate surface area is 87.9 Å². The molecule has 0 bridgehead atoms. The first kappa shape index (κ1) is 9.69. The predicted molar refractivity (Wildman–Crippen MR) is 54.1 cm³/mol. The summed E-state index contributed by atoms with van der Waals surface area (Å²) in [5.74, 6) is -0.109. The molecule has 0 saturated carbocycles. The van der Waals surface area contributed by atoms with Crippen LogP contribution in [-0.2, 0) is 0 Å². The lowest BCUT2D eigenvalue weighted by molar-refractivity contribution is 0.987. The molecule has 0 spiro atoms. The third-order valence-corrected chi connectivity index (χ3v) is 2.80. The molecule has 0 N–H and O–H groups in total. The number of rotatable bonds is 2. The summed E-state index contributed by atoms with van der Waals surface area (Å²) >= 11 is 6.63. The smallest absolute Gasteiger partial charge is 0.0821 e. The highest BCUT2D eigenvalue weighted by Crippen LogP contribution is 2.24. The van der Waals surface area contributed by atoms with E-state index in [1.165, 1.54) is 0 Å². The van der Waals surface area contributed by atoms with Gasteiger partial charge in [-0.25, -0.2) is 0 Å². The van der Waals surface area contributed by atoms with E-state index in [4.69, 9.17) is 5.26 Å². The zero-order valence-electron chi connectivity index (χ0n) is 6.17. The number of nitriles is 1. The maximum Gasteiger partial charge on any atom is 0.0821 e. The van der Waals surface area contributed by atoms with Gasteiger partial charge in [-0.2, -0.15) is 5.26 Å². The summed E-state index contributed by atoms with van der Waals surface area (Å²) in [7, 11) is 0. The highest BCUT2D eigenvalue weighted by molar-refractivity contribution is 9.10. The van der Waals surface area contributed by atoms with Gasteiger partial charge in [-0.1, -0.05) is 15.9 Å². The summed E-state index contributed by atoms with van der Waals surface area (Å²) in [6, 6.07) is 4.05. The standard InChI is InChI=1S/C8H6Br2N2/c9-3-6(4-11)7-1-2-12-5-8(7)10/h1-2,5-6H,3H2. The van der Waals surface area contributed by atoms with Gasteiger partial charge in [0.2, 0.25) is 0 Å². The lowest BCUT2D eigenvalue weighted by atomic mass is 10.1. The van der Waals surface area contributed by atoms with E-state index in [0.717, 1.165) is 10.0 Å². The fourth-order valence-corrected chi connectivity index (χ4v) is 1.88. The maximum absolute atomic E-state index is 8.78. The van der Waals surface area contributed by atoms with Crippen molar-refractivity contribution >= 4 is 31.9 Å². The van der Waals surface area contributed by atoms with Gasteiger partial charge >= 0.3 is 0 Å². The van der Waals surface area contributed by atoms with E-state index in [-0.39, 0.29) is 5.92 Å². The van der Waals surface area contributed by atoms with Gasteiger partial charge in [-0.05, 0) is 27.6 Å². The van der Waals surface area contributed by atoms with Crippen molar-refractivity contribution in [3.8, 4) is 6.07 Å². The molecule has 12 heavy (non-hydrogen) atoms. The Morgan fingerprint density at radius 1 is 1.67 bits per heavy atom. The van der Waals surface area contributed by atoms with Crippen molar-refractivity contribution in [3.05, 3.63) is 28.5 Å². The van der Waals surface area contributed by atoms with E-state index >= 15 is 0 Å². The minimum atomic E-state index is -0.109. The summed E-state index contributed by atoms with van der Waals surface area (Å²) in [6.07, 6.45) is 3.38. The van der Waals surface area contributed by atoms with E-state index in [2.05, 4.69) is 42.9 Å². The molecule has 62 valence electrons. The minimum absolute atomic E-state index is 0.109. The van der Waals surface area contributed by atoms with Crippen molar-refractivity contribution in [2.24, 2.45) is 0 Å². The molecule has 0 aliphatic heterocycles. The van der Waals surface area contributed by atoms with Crippen molar-refractivity contribution in [1.29, 1.82) is 5.26 Å². The molecule has 1 heterocycles. The van der Waals surface area contributed by atoms with Gasteiger partial charge in [-0.3, -0.25) is 4.98 Å². The first-order valence-corrected chi connectivity index (χ1v) is 5.26. The Bertz CT molecular complexity index is 306. The summed E-state index contributed by atoms with van der Waals surface area (Å²) in [6.45, 7) is 0. The van der Waals surface area contributed by atoms with Crippen LogP contribution in [-0.4, -0.2) is 10.3 Å². The Hall–Kier alpha value is -0.400. The van der Waals surface area contributed by atoms with Crippen molar-refractivity contribution in [3.63, 3.8) is 0 Å². The molecule has 0 amide bonds. The lowest BCUT2D eigenvalue weighted by Crippen LogP contribution is -1.97. The van der Waals surface area contributed by atoms with Gasteiger partial charge in [0, 0.05) is 22.2 Å². The van der Waals surface area contributed by atoms with Gasteiger partial charge in [0.05, 0.1) is 12.0 Å². The molecule has 0 aromatic carbocycles. The van der Waals surface area contributed by atoms with E-state index in [0.29, 0.717) is 5.33 Å². The second-order valence-corrected chi connectivity index (χ2v) is 3.73. The second kappa shape index (κ2) is 4.58. The van der Waals surface area contributed by atoms with Gasteiger partial charge in [0.25, 0.3) is 0 Å². The fourth-order valence-electron chi connectivity index (χ4n) is 0.856. The largest absolute Gasteiger partial charge is 0.264 e.